The zero-order chi connectivity index (χ0) is 14.6. The van der Waals surface area contributed by atoms with Crippen LogP contribution in [0.5, 0.6) is 0 Å². The molecule has 1 aromatic rings. The molecule has 0 aliphatic rings. The first-order chi connectivity index (χ1) is 8.76. The van der Waals surface area contributed by atoms with Crippen LogP contribution < -0.4 is 15.8 Å². The second-order valence-electron chi connectivity index (χ2n) is 4.08. The van der Waals surface area contributed by atoms with Crippen molar-refractivity contribution in [3.05, 3.63) is 28.8 Å². The van der Waals surface area contributed by atoms with Crippen LogP contribution >= 0.6 is 11.6 Å². The second kappa shape index (κ2) is 6.33. The maximum Gasteiger partial charge on any atom is 0.248 e. The molecule has 106 valence electrons. The van der Waals surface area contributed by atoms with E-state index in [2.05, 4.69) is 10.0 Å². The lowest BCUT2D eigenvalue weighted by atomic mass is 10.2. The van der Waals surface area contributed by atoms with Gasteiger partial charge in [-0.1, -0.05) is 11.6 Å². The number of amides is 1. The number of sulfonamides is 1. The summed E-state index contributed by atoms with van der Waals surface area (Å²) < 4.78 is 26.5. The molecule has 4 N–H and O–H groups in total. The molecule has 0 spiro atoms. The fourth-order valence-electron chi connectivity index (χ4n) is 1.28. The molecule has 0 radical (unpaired) electrons. The monoisotopic (exact) mass is 305 g/mol. The Balaban J connectivity index is 3.04. The highest BCUT2D eigenvalue weighted by molar-refractivity contribution is 7.89. The van der Waals surface area contributed by atoms with E-state index in [1.165, 1.54) is 18.2 Å². The lowest BCUT2D eigenvalue weighted by molar-refractivity contribution is 0.1000. The van der Waals surface area contributed by atoms with Crippen LogP contribution in [0, 0.1) is 0 Å². The predicted molar refractivity (Wildman–Crippen MR) is 73.7 cm³/mol. The second-order valence-corrected chi connectivity index (χ2v) is 6.28. The Bertz CT molecular complexity index is 575. The van der Waals surface area contributed by atoms with Gasteiger partial charge in [-0.15, -0.1) is 0 Å². The summed E-state index contributed by atoms with van der Waals surface area (Å²) in [5.41, 5.74) is 5.17. The van der Waals surface area contributed by atoms with Crippen molar-refractivity contribution in [2.45, 2.75) is 17.9 Å². The van der Waals surface area contributed by atoms with Gasteiger partial charge in [-0.3, -0.25) is 4.79 Å². The topological polar surface area (TPSA) is 101 Å². The van der Waals surface area contributed by atoms with Crippen molar-refractivity contribution in [1.29, 1.82) is 0 Å². The summed E-state index contributed by atoms with van der Waals surface area (Å²) in [6.45, 7) is 2.05. The minimum atomic E-state index is -3.73. The minimum Gasteiger partial charge on any atom is -0.366 e. The fraction of sp³-hybridized carbons (Fsp3) is 0.364. The van der Waals surface area contributed by atoms with Crippen molar-refractivity contribution < 1.29 is 13.2 Å². The van der Waals surface area contributed by atoms with Gasteiger partial charge in [-0.2, -0.15) is 0 Å². The van der Waals surface area contributed by atoms with Crippen LogP contribution in [-0.4, -0.2) is 34.0 Å². The fourth-order valence-corrected chi connectivity index (χ4v) is 2.78. The number of carbonyl (C=O) groups is 1. The van der Waals surface area contributed by atoms with Crippen molar-refractivity contribution in [3.8, 4) is 0 Å². The van der Waals surface area contributed by atoms with Gasteiger partial charge in [0.05, 0.1) is 4.90 Å². The Hall–Kier alpha value is -1.15. The zero-order valence-electron chi connectivity index (χ0n) is 10.6. The lowest BCUT2D eigenvalue weighted by Gasteiger charge is -2.12. The van der Waals surface area contributed by atoms with Gasteiger partial charge in [-0.25, -0.2) is 13.1 Å². The molecule has 6 nitrogen and oxygen atoms in total. The molecule has 0 bridgehead atoms. The van der Waals surface area contributed by atoms with Crippen LogP contribution in [0.4, 0.5) is 0 Å². The average Bonchev–Trinajstić information content (AvgIpc) is 2.35. The highest BCUT2D eigenvalue weighted by Gasteiger charge is 2.17. The molecule has 0 aliphatic heterocycles. The minimum absolute atomic E-state index is 0.0235. The van der Waals surface area contributed by atoms with Crippen molar-refractivity contribution in [1.82, 2.24) is 10.0 Å². The molecule has 0 heterocycles. The first-order valence-corrected chi connectivity index (χ1v) is 7.39. The Morgan fingerprint density at radius 3 is 2.58 bits per heavy atom. The summed E-state index contributed by atoms with van der Waals surface area (Å²) >= 11 is 5.78. The molecule has 0 saturated carbocycles. The van der Waals surface area contributed by atoms with E-state index in [4.69, 9.17) is 17.3 Å². The standard InChI is InChI=1S/C11H16ClN3O3S/c1-7(14-2)6-15-19(17,18)10-4-8(11(13)16)3-9(12)5-10/h3-5,7,14-15H,6H2,1-2H3,(H2,13,16). The van der Waals surface area contributed by atoms with E-state index in [-0.39, 0.29) is 28.1 Å². The number of primary amides is 1. The van der Waals surface area contributed by atoms with Gasteiger partial charge in [-0.05, 0) is 32.2 Å². The summed E-state index contributed by atoms with van der Waals surface area (Å²) in [5, 5.41) is 3.04. The van der Waals surface area contributed by atoms with Gasteiger partial charge >= 0.3 is 0 Å². The van der Waals surface area contributed by atoms with E-state index in [9.17, 15) is 13.2 Å². The molecule has 1 amide bonds. The van der Waals surface area contributed by atoms with Crippen LogP contribution in [0.15, 0.2) is 23.1 Å². The number of nitrogens with one attached hydrogen (secondary N) is 2. The number of nitrogens with two attached hydrogens (primary N) is 1. The third-order valence-corrected chi connectivity index (χ3v) is 4.16. The van der Waals surface area contributed by atoms with Crippen LogP contribution in [0.25, 0.3) is 0 Å². The number of hydrogen-bond acceptors (Lipinski definition) is 4. The third kappa shape index (κ3) is 4.46. The summed E-state index contributed by atoms with van der Waals surface area (Å²) in [6.07, 6.45) is 0. The quantitative estimate of drug-likeness (QED) is 0.704. The maximum atomic E-state index is 12.0. The molecule has 0 fully saturated rings. The van der Waals surface area contributed by atoms with Crippen LogP contribution in [0.2, 0.25) is 5.02 Å². The van der Waals surface area contributed by atoms with Crippen LogP contribution in [0.3, 0.4) is 0 Å². The van der Waals surface area contributed by atoms with Crippen LogP contribution in [0.1, 0.15) is 17.3 Å². The molecule has 1 aromatic carbocycles. The van der Waals surface area contributed by atoms with Crippen molar-refractivity contribution in [2.75, 3.05) is 13.6 Å². The van der Waals surface area contributed by atoms with Gasteiger partial charge in [0, 0.05) is 23.2 Å². The van der Waals surface area contributed by atoms with E-state index >= 15 is 0 Å². The number of halogens is 1. The van der Waals surface area contributed by atoms with Gasteiger partial charge in [0.25, 0.3) is 0 Å². The largest absolute Gasteiger partial charge is 0.366 e. The molecule has 8 heteroatoms. The van der Waals surface area contributed by atoms with E-state index in [1.54, 1.807) is 7.05 Å². The van der Waals surface area contributed by atoms with Gasteiger partial charge in [0.2, 0.25) is 15.9 Å². The first kappa shape index (κ1) is 15.9. The Labute approximate surface area is 117 Å². The van der Waals surface area contributed by atoms with Crippen molar-refractivity contribution in [3.63, 3.8) is 0 Å². The van der Waals surface area contributed by atoms with E-state index in [1.807, 2.05) is 6.92 Å². The number of rotatable bonds is 6. The highest BCUT2D eigenvalue weighted by Crippen LogP contribution is 2.18. The molecule has 0 aliphatic carbocycles. The highest BCUT2D eigenvalue weighted by atomic mass is 35.5. The van der Waals surface area contributed by atoms with Gasteiger partial charge in [0.1, 0.15) is 0 Å². The average molecular weight is 306 g/mol. The predicted octanol–water partition coefficient (Wildman–Crippen LogP) is 0.325. The lowest BCUT2D eigenvalue weighted by Crippen LogP contribution is -2.37. The molecular weight excluding hydrogens is 290 g/mol. The maximum absolute atomic E-state index is 12.0. The molecule has 1 unspecified atom stereocenters. The third-order valence-electron chi connectivity index (χ3n) is 2.54. The Kier molecular flexibility index (Phi) is 5.30. The summed E-state index contributed by atoms with van der Waals surface area (Å²) in [6, 6.07) is 3.75. The van der Waals surface area contributed by atoms with Crippen molar-refractivity contribution in [2.24, 2.45) is 5.73 Å². The first-order valence-electron chi connectivity index (χ1n) is 5.53. The number of carbonyl (C=O) groups excluding carboxylic acids is 1. The number of hydrogen-bond donors (Lipinski definition) is 3. The molecule has 0 saturated heterocycles. The van der Waals surface area contributed by atoms with E-state index in [0.717, 1.165) is 0 Å². The van der Waals surface area contributed by atoms with E-state index in [0.29, 0.717) is 0 Å². The van der Waals surface area contributed by atoms with Crippen LogP contribution in [-0.2, 0) is 10.0 Å². The summed E-state index contributed by atoms with van der Waals surface area (Å²) in [4.78, 5) is 11.0. The summed E-state index contributed by atoms with van der Waals surface area (Å²) in [7, 11) is -2.00. The number of benzene rings is 1. The van der Waals surface area contributed by atoms with Gasteiger partial charge < -0.3 is 11.1 Å². The number of likely N-dealkylation sites (N-methyl/N-ethyl adjacent to an activating group) is 1. The molecule has 1 atom stereocenters. The molecular formula is C11H16ClN3O3S. The SMILES string of the molecule is CNC(C)CNS(=O)(=O)c1cc(Cl)cc(C(N)=O)c1. The molecule has 19 heavy (non-hydrogen) atoms. The van der Waals surface area contributed by atoms with Crippen molar-refractivity contribution >= 4 is 27.5 Å². The molecule has 1 rings (SSSR count). The normalized spacial score (nSPS) is 13.2. The Morgan fingerprint density at radius 1 is 1.42 bits per heavy atom. The van der Waals surface area contributed by atoms with E-state index < -0.39 is 15.9 Å². The van der Waals surface area contributed by atoms with Gasteiger partial charge in [0.15, 0.2) is 0 Å². The smallest absolute Gasteiger partial charge is 0.248 e. The zero-order valence-corrected chi connectivity index (χ0v) is 12.2. The molecule has 0 aromatic heterocycles. The summed E-state index contributed by atoms with van der Waals surface area (Å²) in [5.74, 6) is -0.734. The Morgan fingerprint density at radius 2 is 2.05 bits per heavy atom.